The number of nitrogens with zero attached hydrogens (tertiary/aromatic N) is 6. The summed E-state index contributed by atoms with van der Waals surface area (Å²) in [7, 11) is -3.84. The maximum absolute atomic E-state index is 12.7. The van der Waals surface area contributed by atoms with Crippen LogP contribution in [0.4, 0.5) is 5.82 Å². The van der Waals surface area contributed by atoms with Gasteiger partial charge in [-0.25, -0.2) is 18.1 Å². The number of hydrogen-bond acceptors (Lipinski definition) is 8. The van der Waals surface area contributed by atoms with Crippen LogP contribution in [0, 0.1) is 0 Å². The molecule has 0 spiro atoms. The Hall–Kier alpha value is -3.25. The highest BCUT2D eigenvalue weighted by Crippen LogP contribution is 2.22. The van der Waals surface area contributed by atoms with Gasteiger partial charge >= 0.3 is 0 Å². The van der Waals surface area contributed by atoms with E-state index in [0.29, 0.717) is 24.7 Å². The van der Waals surface area contributed by atoms with Gasteiger partial charge < -0.3 is 15.1 Å². The Morgan fingerprint density at radius 3 is 2.50 bits per heavy atom. The summed E-state index contributed by atoms with van der Waals surface area (Å²) in [6, 6.07) is 4.28. The van der Waals surface area contributed by atoms with Gasteiger partial charge in [0.2, 0.25) is 5.09 Å². The third-order valence-corrected chi connectivity index (χ3v) is 6.10. The lowest BCUT2D eigenvalue weighted by atomic mass is 10.3. The highest BCUT2D eigenvalue weighted by Gasteiger charge is 2.32. The molecule has 11 nitrogen and oxygen atoms in total. The fourth-order valence-electron chi connectivity index (χ4n) is 2.89. The van der Waals surface area contributed by atoms with Gasteiger partial charge in [0.05, 0.1) is 12.4 Å². The zero-order chi connectivity index (χ0) is 19.7. The van der Waals surface area contributed by atoms with Crippen molar-refractivity contribution in [3.63, 3.8) is 0 Å². The molecule has 1 aliphatic rings. The number of piperazine rings is 1. The molecule has 4 rings (SSSR count). The zero-order valence-corrected chi connectivity index (χ0v) is 15.5. The second kappa shape index (κ2) is 7.05. The number of sulfonamides is 1. The van der Waals surface area contributed by atoms with Crippen molar-refractivity contribution in [3.05, 3.63) is 48.7 Å². The molecular formula is C16H17N7O4S. The zero-order valence-electron chi connectivity index (χ0n) is 14.7. The van der Waals surface area contributed by atoms with Crippen molar-refractivity contribution < 1.29 is 17.6 Å². The molecule has 0 saturated carbocycles. The summed E-state index contributed by atoms with van der Waals surface area (Å²) >= 11 is 0. The lowest BCUT2D eigenvalue weighted by Crippen LogP contribution is -2.48. The van der Waals surface area contributed by atoms with Gasteiger partial charge in [0, 0.05) is 38.6 Å². The van der Waals surface area contributed by atoms with Crippen molar-refractivity contribution in [2.75, 3.05) is 31.1 Å². The highest BCUT2D eigenvalue weighted by molar-refractivity contribution is 7.89. The van der Waals surface area contributed by atoms with E-state index in [1.165, 1.54) is 16.4 Å². The second-order valence-electron chi connectivity index (χ2n) is 6.06. The summed E-state index contributed by atoms with van der Waals surface area (Å²) in [5.41, 5.74) is 5.11. The fourth-order valence-corrected chi connectivity index (χ4v) is 4.22. The summed E-state index contributed by atoms with van der Waals surface area (Å²) < 4.78 is 33.4. The van der Waals surface area contributed by atoms with Crippen LogP contribution in [0.5, 0.6) is 0 Å². The standard InChI is InChI=1S/C16H17N7O4S/c17-16(24)12-2-3-15(27-12)28(25,26)22-8-6-21(7-9-22)13-10-18-11-14(20-13)23-5-1-4-19-23/h1-5,10-11H,6-9H2,(H2,17,24). The Bertz CT molecular complexity index is 1090. The fraction of sp³-hybridized carbons (Fsp3) is 0.250. The number of aromatic nitrogens is 4. The predicted octanol–water partition coefficient (Wildman–Crippen LogP) is -0.135. The van der Waals surface area contributed by atoms with Crippen LogP contribution in [0.1, 0.15) is 10.6 Å². The molecule has 1 aliphatic heterocycles. The number of nitrogens with two attached hydrogens (primary N) is 1. The van der Waals surface area contributed by atoms with Crippen LogP contribution >= 0.6 is 0 Å². The number of hydrogen-bond donors (Lipinski definition) is 1. The van der Waals surface area contributed by atoms with Gasteiger partial charge in [-0.2, -0.15) is 9.40 Å². The normalized spacial score (nSPS) is 15.6. The van der Waals surface area contributed by atoms with Gasteiger partial charge in [-0.15, -0.1) is 0 Å². The first-order chi connectivity index (χ1) is 13.4. The van der Waals surface area contributed by atoms with E-state index in [1.54, 1.807) is 35.5 Å². The van der Waals surface area contributed by atoms with E-state index in [0.717, 1.165) is 0 Å². The average Bonchev–Trinajstić information content (AvgIpc) is 3.40. The number of amides is 1. The SMILES string of the molecule is NC(=O)c1ccc(S(=O)(=O)N2CCN(c3cncc(-n4cccn4)n3)CC2)o1. The van der Waals surface area contributed by atoms with Gasteiger partial charge in [-0.05, 0) is 18.2 Å². The minimum atomic E-state index is -3.84. The summed E-state index contributed by atoms with van der Waals surface area (Å²) in [6.07, 6.45) is 6.64. The molecule has 1 saturated heterocycles. The van der Waals surface area contributed by atoms with Gasteiger partial charge in [0.15, 0.2) is 11.6 Å². The second-order valence-corrected chi connectivity index (χ2v) is 7.93. The van der Waals surface area contributed by atoms with Crippen molar-refractivity contribution in [1.82, 2.24) is 24.1 Å². The average molecular weight is 403 g/mol. The third-order valence-electron chi connectivity index (χ3n) is 4.33. The molecule has 3 aromatic rings. The maximum Gasteiger partial charge on any atom is 0.284 e. The number of carbonyl (C=O) groups excluding carboxylic acids is 1. The molecule has 1 fully saturated rings. The van der Waals surface area contributed by atoms with E-state index in [2.05, 4.69) is 15.1 Å². The quantitative estimate of drug-likeness (QED) is 0.621. The summed E-state index contributed by atoms with van der Waals surface area (Å²) in [4.78, 5) is 21.8. The monoisotopic (exact) mass is 403 g/mol. The topological polar surface area (TPSA) is 140 Å². The van der Waals surface area contributed by atoms with Gasteiger partial charge in [-0.1, -0.05) is 0 Å². The summed E-state index contributed by atoms with van der Waals surface area (Å²) in [5.74, 6) is 0.205. The van der Waals surface area contributed by atoms with Crippen LogP contribution in [0.25, 0.3) is 5.82 Å². The van der Waals surface area contributed by atoms with Crippen LogP contribution in [0.15, 0.2) is 52.5 Å². The van der Waals surface area contributed by atoms with E-state index in [1.807, 2.05) is 4.90 Å². The first kappa shape index (κ1) is 18.1. The number of primary amides is 1. The molecule has 0 atom stereocenters. The molecular weight excluding hydrogens is 386 g/mol. The third kappa shape index (κ3) is 3.34. The van der Waals surface area contributed by atoms with E-state index < -0.39 is 15.9 Å². The minimum absolute atomic E-state index is 0.192. The highest BCUT2D eigenvalue weighted by atomic mass is 32.2. The number of rotatable bonds is 5. The Labute approximate surface area is 160 Å². The molecule has 4 heterocycles. The van der Waals surface area contributed by atoms with Crippen LogP contribution in [-0.2, 0) is 10.0 Å². The van der Waals surface area contributed by atoms with Crippen molar-refractivity contribution in [1.29, 1.82) is 0 Å². The molecule has 0 bridgehead atoms. The van der Waals surface area contributed by atoms with Gasteiger partial charge in [0.25, 0.3) is 15.9 Å². The Morgan fingerprint density at radius 1 is 1.11 bits per heavy atom. The largest absolute Gasteiger partial charge is 0.438 e. The molecule has 2 N–H and O–H groups in total. The maximum atomic E-state index is 12.7. The molecule has 0 aromatic carbocycles. The molecule has 0 unspecified atom stereocenters. The van der Waals surface area contributed by atoms with Crippen molar-refractivity contribution in [2.24, 2.45) is 5.73 Å². The van der Waals surface area contributed by atoms with Crippen LogP contribution in [0.3, 0.4) is 0 Å². The van der Waals surface area contributed by atoms with Crippen molar-refractivity contribution in [3.8, 4) is 5.82 Å². The Morgan fingerprint density at radius 2 is 1.86 bits per heavy atom. The van der Waals surface area contributed by atoms with Crippen molar-refractivity contribution >= 4 is 21.7 Å². The minimum Gasteiger partial charge on any atom is -0.438 e. The summed E-state index contributed by atoms with van der Waals surface area (Å²) in [5, 5.41) is 3.83. The number of carbonyl (C=O) groups is 1. The molecule has 1 amide bonds. The van der Waals surface area contributed by atoms with Crippen LogP contribution in [-0.4, -0.2) is 64.6 Å². The molecule has 28 heavy (non-hydrogen) atoms. The number of anilines is 1. The van der Waals surface area contributed by atoms with Gasteiger partial charge in [0.1, 0.15) is 5.82 Å². The lowest BCUT2D eigenvalue weighted by molar-refractivity contribution is 0.0968. The van der Waals surface area contributed by atoms with E-state index in [4.69, 9.17) is 10.2 Å². The molecule has 12 heteroatoms. The predicted molar refractivity (Wildman–Crippen MR) is 97.4 cm³/mol. The first-order valence-corrected chi connectivity index (χ1v) is 9.86. The van der Waals surface area contributed by atoms with E-state index in [-0.39, 0.29) is 23.9 Å². The Kier molecular flexibility index (Phi) is 4.57. The van der Waals surface area contributed by atoms with Crippen molar-refractivity contribution in [2.45, 2.75) is 5.09 Å². The summed E-state index contributed by atoms with van der Waals surface area (Å²) in [6.45, 7) is 1.34. The molecule has 0 aliphatic carbocycles. The Balaban J connectivity index is 1.47. The first-order valence-electron chi connectivity index (χ1n) is 8.42. The van der Waals surface area contributed by atoms with Crippen LogP contribution < -0.4 is 10.6 Å². The van der Waals surface area contributed by atoms with E-state index in [9.17, 15) is 13.2 Å². The lowest BCUT2D eigenvalue weighted by Gasteiger charge is -2.34. The smallest absolute Gasteiger partial charge is 0.284 e. The van der Waals surface area contributed by atoms with Gasteiger partial charge in [-0.3, -0.25) is 9.78 Å². The number of furan rings is 1. The molecule has 3 aromatic heterocycles. The van der Waals surface area contributed by atoms with E-state index >= 15 is 0 Å². The molecule has 0 radical (unpaired) electrons. The molecule has 146 valence electrons. The van der Waals surface area contributed by atoms with Crippen LogP contribution in [0.2, 0.25) is 0 Å².